The van der Waals surface area contributed by atoms with E-state index in [2.05, 4.69) is 27.1 Å². The molecule has 1 fully saturated rings. The molecule has 118 valence electrons. The van der Waals surface area contributed by atoms with Gasteiger partial charge in [0.05, 0.1) is 10.2 Å². The first-order valence-electron chi connectivity index (χ1n) is 8.32. The van der Waals surface area contributed by atoms with Crippen LogP contribution in [-0.4, -0.2) is 35.6 Å². The van der Waals surface area contributed by atoms with Crippen LogP contribution in [0.25, 0.3) is 10.2 Å². The molecule has 6 heteroatoms. The van der Waals surface area contributed by atoms with Gasteiger partial charge in [0.2, 0.25) is 5.95 Å². The number of hydrogen-bond donors (Lipinski definition) is 2. The number of nitrogen functional groups attached to an aromatic ring is 1. The Labute approximate surface area is 134 Å². The quantitative estimate of drug-likeness (QED) is 0.909. The molecule has 0 unspecified atom stereocenters. The average Bonchev–Trinajstić information content (AvgIpc) is 3.12. The summed E-state index contributed by atoms with van der Waals surface area (Å²) < 4.78 is 1.25. The number of thiophene rings is 1. The summed E-state index contributed by atoms with van der Waals surface area (Å²) >= 11 is 1.89. The van der Waals surface area contributed by atoms with Gasteiger partial charge in [-0.05, 0) is 44.2 Å². The molecule has 1 saturated heterocycles. The lowest BCUT2D eigenvalue weighted by atomic mass is 9.98. The number of hydrogen-bond acceptors (Lipinski definition) is 6. The number of nitrogens with one attached hydrogen (secondary N) is 1. The van der Waals surface area contributed by atoms with Crippen molar-refractivity contribution >= 4 is 33.3 Å². The standard InChI is InChI=1S/C16H23N5S/c1-2-18-10-7-8-21(9-10)15-14-13(19-16(17)20-15)11-5-3-4-6-12(11)22-14/h10,18H,2-9H2,1H3,(H2,17,19,20)/t10-/m1/s1. The van der Waals surface area contributed by atoms with Crippen LogP contribution in [-0.2, 0) is 12.8 Å². The minimum atomic E-state index is 0.417. The van der Waals surface area contributed by atoms with Crippen molar-refractivity contribution < 1.29 is 0 Å². The maximum Gasteiger partial charge on any atom is 0.222 e. The zero-order valence-corrected chi connectivity index (χ0v) is 13.9. The number of nitrogens with zero attached hydrogens (tertiary/aromatic N) is 3. The van der Waals surface area contributed by atoms with Crippen molar-refractivity contribution in [3.8, 4) is 0 Å². The second kappa shape index (κ2) is 5.66. The van der Waals surface area contributed by atoms with E-state index in [9.17, 15) is 0 Å². The van der Waals surface area contributed by atoms with Gasteiger partial charge in [0, 0.05) is 24.0 Å². The highest BCUT2D eigenvalue weighted by molar-refractivity contribution is 7.19. The van der Waals surface area contributed by atoms with Crippen LogP contribution in [0.2, 0.25) is 0 Å². The number of aromatic nitrogens is 2. The van der Waals surface area contributed by atoms with E-state index in [1.165, 1.54) is 40.8 Å². The van der Waals surface area contributed by atoms with Crippen LogP contribution in [0.15, 0.2) is 0 Å². The Bertz CT molecular complexity index is 695. The first-order valence-corrected chi connectivity index (χ1v) is 9.14. The molecule has 1 atom stereocenters. The molecule has 2 aromatic rings. The molecule has 3 N–H and O–H groups in total. The van der Waals surface area contributed by atoms with Gasteiger partial charge in [-0.3, -0.25) is 0 Å². The third kappa shape index (κ3) is 2.34. The Hall–Kier alpha value is -1.40. The van der Waals surface area contributed by atoms with Crippen LogP contribution < -0.4 is 16.0 Å². The highest BCUT2D eigenvalue weighted by Gasteiger charge is 2.27. The van der Waals surface area contributed by atoms with E-state index in [1.54, 1.807) is 0 Å². The minimum Gasteiger partial charge on any atom is -0.368 e. The Morgan fingerprint density at radius 3 is 3.05 bits per heavy atom. The summed E-state index contributed by atoms with van der Waals surface area (Å²) in [4.78, 5) is 13.1. The smallest absolute Gasteiger partial charge is 0.222 e. The van der Waals surface area contributed by atoms with Gasteiger partial charge < -0.3 is 16.0 Å². The van der Waals surface area contributed by atoms with E-state index in [4.69, 9.17) is 5.73 Å². The maximum absolute atomic E-state index is 6.02. The van der Waals surface area contributed by atoms with Gasteiger partial charge in [0.1, 0.15) is 0 Å². The predicted octanol–water partition coefficient (Wildman–Crippen LogP) is 2.34. The lowest BCUT2D eigenvalue weighted by Crippen LogP contribution is -2.32. The Balaban J connectivity index is 1.76. The lowest BCUT2D eigenvalue weighted by Gasteiger charge is -2.18. The van der Waals surface area contributed by atoms with Gasteiger partial charge in [-0.25, -0.2) is 4.98 Å². The van der Waals surface area contributed by atoms with Gasteiger partial charge >= 0.3 is 0 Å². The number of anilines is 2. The molecule has 3 heterocycles. The van der Waals surface area contributed by atoms with E-state index in [1.807, 2.05) is 11.3 Å². The van der Waals surface area contributed by atoms with Crippen LogP contribution in [0.5, 0.6) is 0 Å². The van der Waals surface area contributed by atoms with Crippen LogP contribution in [0, 0.1) is 0 Å². The molecule has 22 heavy (non-hydrogen) atoms. The number of nitrogens with two attached hydrogens (primary N) is 1. The largest absolute Gasteiger partial charge is 0.368 e. The predicted molar refractivity (Wildman–Crippen MR) is 92.8 cm³/mol. The van der Waals surface area contributed by atoms with E-state index in [-0.39, 0.29) is 0 Å². The summed E-state index contributed by atoms with van der Waals surface area (Å²) in [6, 6.07) is 0.561. The summed E-state index contributed by atoms with van der Waals surface area (Å²) in [5.41, 5.74) is 8.57. The van der Waals surface area contributed by atoms with Crippen molar-refractivity contribution in [1.29, 1.82) is 0 Å². The SMILES string of the molecule is CCN[C@@H]1CCN(c2nc(N)nc3c4c(sc23)CCCC4)C1. The Morgan fingerprint density at radius 1 is 1.32 bits per heavy atom. The molecule has 5 nitrogen and oxygen atoms in total. The van der Waals surface area contributed by atoms with Gasteiger partial charge in [-0.15, -0.1) is 11.3 Å². The van der Waals surface area contributed by atoms with Crippen molar-refractivity contribution in [2.75, 3.05) is 30.3 Å². The first-order chi connectivity index (χ1) is 10.8. The summed E-state index contributed by atoms with van der Waals surface area (Å²) in [6.45, 7) is 5.25. The number of likely N-dealkylation sites (N-methyl/N-ethyl adjacent to an activating group) is 1. The fourth-order valence-corrected chi connectivity index (χ4v) is 5.09. The van der Waals surface area contributed by atoms with E-state index in [0.29, 0.717) is 12.0 Å². The molecule has 2 aromatic heterocycles. The van der Waals surface area contributed by atoms with Gasteiger partial charge in [-0.1, -0.05) is 6.92 Å². The van der Waals surface area contributed by atoms with Crippen molar-refractivity contribution in [3.05, 3.63) is 10.4 Å². The lowest BCUT2D eigenvalue weighted by molar-refractivity contribution is 0.571. The third-order valence-electron chi connectivity index (χ3n) is 4.77. The second-order valence-electron chi connectivity index (χ2n) is 6.28. The van der Waals surface area contributed by atoms with Gasteiger partial charge in [0.15, 0.2) is 5.82 Å². The highest BCUT2D eigenvalue weighted by atomic mass is 32.1. The minimum absolute atomic E-state index is 0.417. The topological polar surface area (TPSA) is 67.1 Å². The fourth-order valence-electron chi connectivity index (χ4n) is 3.74. The van der Waals surface area contributed by atoms with E-state index < -0.39 is 0 Å². The van der Waals surface area contributed by atoms with Crippen LogP contribution >= 0.6 is 11.3 Å². The second-order valence-corrected chi connectivity index (χ2v) is 7.39. The molecule has 1 aliphatic heterocycles. The summed E-state index contributed by atoms with van der Waals surface area (Å²) in [6.07, 6.45) is 6.07. The van der Waals surface area contributed by atoms with Crippen LogP contribution in [0.1, 0.15) is 36.6 Å². The molecule has 0 spiro atoms. The zero-order valence-electron chi connectivity index (χ0n) is 13.1. The average molecular weight is 317 g/mol. The molecular formula is C16H23N5S. The Morgan fingerprint density at radius 2 is 2.18 bits per heavy atom. The van der Waals surface area contributed by atoms with Crippen molar-refractivity contribution in [2.24, 2.45) is 0 Å². The number of rotatable bonds is 3. The van der Waals surface area contributed by atoms with Crippen molar-refractivity contribution in [1.82, 2.24) is 15.3 Å². The van der Waals surface area contributed by atoms with Gasteiger partial charge in [0.25, 0.3) is 0 Å². The molecule has 4 rings (SSSR count). The van der Waals surface area contributed by atoms with Crippen LogP contribution in [0.3, 0.4) is 0 Å². The molecule has 0 radical (unpaired) electrons. The van der Waals surface area contributed by atoms with Crippen LogP contribution in [0.4, 0.5) is 11.8 Å². The summed E-state index contributed by atoms with van der Waals surface area (Å²) in [5, 5.41) is 3.54. The molecule has 0 bridgehead atoms. The molecule has 0 aromatic carbocycles. The van der Waals surface area contributed by atoms with E-state index >= 15 is 0 Å². The van der Waals surface area contributed by atoms with Gasteiger partial charge in [-0.2, -0.15) is 4.98 Å². The van der Waals surface area contributed by atoms with Crippen molar-refractivity contribution in [2.45, 2.75) is 45.1 Å². The van der Waals surface area contributed by atoms with E-state index in [0.717, 1.165) is 37.4 Å². The normalized spacial score (nSPS) is 21.5. The molecule has 0 saturated carbocycles. The zero-order chi connectivity index (χ0) is 15.1. The molecular weight excluding hydrogens is 294 g/mol. The first kappa shape index (κ1) is 14.2. The molecule has 2 aliphatic rings. The maximum atomic E-state index is 6.02. The summed E-state index contributed by atoms with van der Waals surface area (Å²) in [5.74, 6) is 1.47. The third-order valence-corrected chi connectivity index (χ3v) is 6.05. The monoisotopic (exact) mass is 317 g/mol. The molecule has 1 aliphatic carbocycles. The molecule has 0 amide bonds. The highest BCUT2D eigenvalue weighted by Crippen LogP contribution is 2.40. The van der Waals surface area contributed by atoms with Crippen molar-refractivity contribution in [3.63, 3.8) is 0 Å². The Kier molecular flexibility index (Phi) is 3.66. The fraction of sp³-hybridized carbons (Fsp3) is 0.625. The number of aryl methyl sites for hydroxylation is 2. The number of fused-ring (bicyclic) bond motifs is 3. The summed E-state index contributed by atoms with van der Waals surface area (Å²) in [7, 11) is 0.